The number of aromatic nitrogens is 4. The van der Waals surface area contributed by atoms with Crippen molar-refractivity contribution < 1.29 is 23.1 Å². The Balaban J connectivity index is 0.000000426. The number of nitrogens with zero attached hydrogens (tertiary/aromatic N) is 6. The molecule has 0 atom stereocenters. The minimum absolute atomic E-state index is 0.671. The quantitative estimate of drug-likeness (QED) is 0.466. The fourth-order valence-electron chi connectivity index (χ4n) is 4.29. The maximum absolute atomic E-state index is 10.6. The van der Waals surface area contributed by atoms with Crippen molar-refractivity contribution in [1.29, 1.82) is 5.26 Å². The molecular weight excluding hydrogens is 501 g/mol. The molecule has 2 saturated heterocycles. The minimum Gasteiger partial charge on any atom is -0.475 e. The van der Waals surface area contributed by atoms with E-state index in [-0.39, 0.29) is 0 Å². The number of carbonyl (C=O) groups is 1. The third-order valence-corrected chi connectivity index (χ3v) is 6.24. The standard InChI is InChI=1S/C23H26N8.C2HF3O2/c24-14-18-13-21(29-22(18)30-10-6-25-7-11-30)17-4-5-26-20(12-17)19-15-27-23(28-16-19)31-8-2-1-3-9-31;3-2(4,5)1(6)7/h4-5,12-13,15-16,25,29H,1-3,6-11H2;(H,6,7). The predicted octanol–water partition coefficient (Wildman–Crippen LogP) is 3.44. The molecule has 5 heterocycles. The van der Waals surface area contributed by atoms with Gasteiger partial charge in [0.15, 0.2) is 0 Å². The van der Waals surface area contributed by atoms with Crippen molar-refractivity contribution in [1.82, 2.24) is 25.3 Å². The summed E-state index contributed by atoms with van der Waals surface area (Å²) < 4.78 is 31.7. The second kappa shape index (κ2) is 11.9. The predicted molar refractivity (Wildman–Crippen MR) is 135 cm³/mol. The second-order valence-corrected chi connectivity index (χ2v) is 8.85. The fourth-order valence-corrected chi connectivity index (χ4v) is 4.29. The van der Waals surface area contributed by atoms with Crippen LogP contribution in [0.4, 0.5) is 24.9 Å². The topological polar surface area (TPSA) is 134 Å². The van der Waals surface area contributed by atoms with Crippen LogP contribution >= 0.6 is 0 Å². The Hall–Kier alpha value is -4.18. The molecule has 0 unspecified atom stereocenters. The number of hydrogen-bond donors (Lipinski definition) is 3. The zero-order valence-corrected chi connectivity index (χ0v) is 20.5. The van der Waals surface area contributed by atoms with Gasteiger partial charge in [-0.05, 0) is 37.5 Å². The molecular formula is C25H27F3N8O2. The summed E-state index contributed by atoms with van der Waals surface area (Å²) in [5, 5.41) is 20.1. The number of rotatable bonds is 4. The Labute approximate surface area is 217 Å². The lowest BCUT2D eigenvalue weighted by atomic mass is 10.1. The molecule has 0 spiro atoms. The molecule has 2 aliphatic rings. The Bertz CT molecular complexity index is 1270. The van der Waals surface area contributed by atoms with Crippen LogP contribution in [0.25, 0.3) is 22.5 Å². The van der Waals surface area contributed by atoms with E-state index in [4.69, 9.17) is 9.90 Å². The van der Waals surface area contributed by atoms with Gasteiger partial charge in [0.05, 0.1) is 11.3 Å². The highest BCUT2D eigenvalue weighted by Gasteiger charge is 2.38. The number of piperazine rings is 1. The summed E-state index contributed by atoms with van der Waals surface area (Å²) in [6.45, 7) is 5.67. The fraction of sp³-hybridized carbons (Fsp3) is 0.400. The summed E-state index contributed by atoms with van der Waals surface area (Å²) in [5.41, 5.74) is 4.28. The Kier molecular flexibility index (Phi) is 8.42. The van der Waals surface area contributed by atoms with Gasteiger partial charge in [-0.15, -0.1) is 0 Å². The van der Waals surface area contributed by atoms with Crippen LogP contribution in [0.15, 0.2) is 36.8 Å². The van der Waals surface area contributed by atoms with Crippen LogP contribution in [0.1, 0.15) is 24.8 Å². The summed E-state index contributed by atoms with van der Waals surface area (Å²) in [5.74, 6) is -1.07. The maximum atomic E-state index is 10.6. The van der Waals surface area contributed by atoms with Gasteiger partial charge in [-0.25, -0.2) is 14.8 Å². The van der Waals surface area contributed by atoms with Crippen LogP contribution in [-0.2, 0) is 4.79 Å². The van der Waals surface area contributed by atoms with Crippen LogP contribution in [0, 0.1) is 11.3 Å². The first-order valence-electron chi connectivity index (χ1n) is 12.2. The summed E-state index contributed by atoms with van der Waals surface area (Å²) >= 11 is 0. The van der Waals surface area contributed by atoms with E-state index in [1.165, 1.54) is 19.3 Å². The average molecular weight is 529 g/mol. The third-order valence-electron chi connectivity index (χ3n) is 6.24. The molecule has 5 rings (SSSR count). The Morgan fingerprint density at radius 2 is 1.63 bits per heavy atom. The van der Waals surface area contributed by atoms with E-state index in [0.29, 0.717) is 5.56 Å². The molecule has 0 saturated carbocycles. The van der Waals surface area contributed by atoms with E-state index in [9.17, 15) is 18.4 Å². The first-order valence-corrected chi connectivity index (χ1v) is 12.2. The van der Waals surface area contributed by atoms with E-state index in [2.05, 4.69) is 41.1 Å². The zero-order valence-electron chi connectivity index (χ0n) is 20.5. The number of halogens is 3. The second-order valence-electron chi connectivity index (χ2n) is 8.85. The summed E-state index contributed by atoms with van der Waals surface area (Å²) in [4.78, 5) is 30.5. The van der Waals surface area contributed by atoms with E-state index in [1.807, 2.05) is 30.6 Å². The number of alkyl halides is 3. The number of piperidine rings is 1. The molecule has 0 amide bonds. The molecule has 3 aromatic rings. The smallest absolute Gasteiger partial charge is 0.475 e. The molecule has 10 nitrogen and oxygen atoms in total. The number of nitrogens with one attached hydrogen (secondary N) is 2. The van der Waals surface area contributed by atoms with E-state index in [0.717, 1.165) is 73.5 Å². The highest BCUT2D eigenvalue weighted by molar-refractivity contribution is 5.73. The van der Waals surface area contributed by atoms with Gasteiger partial charge in [0.25, 0.3) is 0 Å². The number of hydrogen-bond acceptors (Lipinski definition) is 8. The van der Waals surface area contributed by atoms with Gasteiger partial charge in [0.2, 0.25) is 5.95 Å². The van der Waals surface area contributed by atoms with Crippen molar-refractivity contribution in [2.45, 2.75) is 25.4 Å². The van der Waals surface area contributed by atoms with E-state index >= 15 is 0 Å². The van der Waals surface area contributed by atoms with Gasteiger partial charge in [-0.2, -0.15) is 18.4 Å². The van der Waals surface area contributed by atoms with Crippen LogP contribution in [0.3, 0.4) is 0 Å². The van der Waals surface area contributed by atoms with Crippen molar-refractivity contribution >= 4 is 17.7 Å². The van der Waals surface area contributed by atoms with Crippen molar-refractivity contribution in [2.24, 2.45) is 0 Å². The SMILES string of the molecule is N#Cc1cc(-c2ccnc(-c3cnc(N4CCCCC4)nc3)c2)[nH]c1N1CCNCC1.O=C(O)C(F)(F)F. The lowest BCUT2D eigenvalue weighted by Gasteiger charge is -2.28. The molecule has 0 aliphatic carbocycles. The number of carboxylic acids is 1. The number of aromatic amines is 1. The molecule has 0 bridgehead atoms. The number of nitriles is 1. The zero-order chi connectivity index (χ0) is 27.1. The lowest BCUT2D eigenvalue weighted by molar-refractivity contribution is -0.192. The van der Waals surface area contributed by atoms with Gasteiger partial charge in [0, 0.05) is 74.7 Å². The number of aliphatic carboxylic acids is 1. The Morgan fingerprint density at radius 3 is 2.24 bits per heavy atom. The van der Waals surface area contributed by atoms with Crippen molar-refractivity contribution in [3.63, 3.8) is 0 Å². The molecule has 3 aromatic heterocycles. The maximum Gasteiger partial charge on any atom is 0.490 e. The molecule has 0 aromatic carbocycles. The van der Waals surface area contributed by atoms with Crippen molar-refractivity contribution in [3.8, 4) is 28.6 Å². The number of carboxylic acid groups (broad SMARTS) is 1. The first-order chi connectivity index (χ1) is 18.3. The van der Waals surface area contributed by atoms with Gasteiger partial charge >= 0.3 is 12.1 Å². The van der Waals surface area contributed by atoms with Gasteiger partial charge < -0.3 is 25.2 Å². The van der Waals surface area contributed by atoms with Crippen molar-refractivity contribution in [2.75, 3.05) is 49.1 Å². The highest BCUT2D eigenvalue weighted by atomic mass is 19.4. The number of anilines is 2. The van der Waals surface area contributed by atoms with Crippen molar-refractivity contribution in [3.05, 3.63) is 42.4 Å². The number of pyridine rings is 1. The normalized spacial score (nSPS) is 15.8. The summed E-state index contributed by atoms with van der Waals surface area (Å²) in [6, 6.07) is 8.24. The Morgan fingerprint density at radius 1 is 0.974 bits per heavy atom. The van der Waals surface area contributed by atoms with E-state index in [1.54, 1.807) is 6.20 Å². The van der Waals surface area contributed by atoms with Crippen LogP contribution in [0.5, 0.6) is 0 Å². The molecule has 13 heteroatoms. The number of H-pyrrole nitrogens is 1. The van der Waals surface area contributed by atoms with Gasteiger partial charge in [0.1, 0.15) is 11.9 Å². The molecule has 2 aliphatic heterocycles. The first kappa shape index (κ1) is 26.9. The van der Waals surface area contributed by atoms with Gasteiger partial charge in [-0.3, -0.25) is 4.98 Å². The average Bonchev–Trinajstić information content (AvgIpc) is 3.39. The largest absolute Gasteiger partial charge is 0.490 e. The van der Waals surface area contributed by atoms with Crippen LogP contribution in [-0.4, -0.2) is 76.5 Å². The van der Waals surface area contributed by atoms with Crippen LogP contribution < -0.4 is 15.1 Å². The molecule has 2 fully saturated rings. The van der Waals surface area contributed by atoms with Gasteiger partial charge in [-0.1, -0.05) is 0 Å². The summed E-state index contributed by atoms with van der Waals surface area (Å²) in [7, 11) is 0. The lowest BCUT2D eigenvalue weighted by Crippen LogP contribution is -2.44. The third kappa shape index (κ3) is 6.57. The highest BCUT2D eigenvalue weighted by Crippen LogP contribution is 2.29. The molecule has 0 radical (unpaired) electrons. The van der Waals surface area contributed by atoms with E-state index < -0.39 is 12.1 Å². The minimum atomic E-state index is -5.08. The van der Waals surface area contributed by atoms with Crippen LogP contribution in [0.2, 0.25) is 0 Å². The summed E-state index contributed by atoms with van der Waals surface area (Å²) in [6.07, 6.45) is 4.10. The molecule has 3 N–H and O–H groups in total. The molecule has 200 valence electrons. The monoisotopic (exact) mass is 528 g/mol. The molecule has 38 heavy (non-hydrogen) atoms.